The van der Waals surface area contributed by atoms with Gasteiger partial charge in [-0.25, -0.2) is 0 Å². The first-order valence-electron chi connectivity index (χ1n) is 9.97. The lowest BCUT2D eigenvalue weighted by Gasteiger charge is -2.29. The van der Waals surface area contributed by atoms with Gasteiger partial charge in [0.05, 0.1) is 12.8 Å². The molecule has 0 aromatic heterocycles. The van der Waals surface area contributed by atoms with E-state index in [2.05, 4.69) is 10.2 Å². The van der Waals surface area contributed by atoms with Crippen molar-refractivity contribution in [3.63, 3.8) is 0 Å². The van der Waals surface area contributed by atoms with E-state index in [9.17, 15) is 9.59 Å². The van der Waals surface area contributed by atoms with Crippen LogP contribution in [0.1, 0.15) is 24.8 Å². The Morgan fingerprint density at radius 3 is 2.20 bits per heavy atom. The number of methoxy groups -OCH3 is 1. The first-order chi connectivity index (χ1) is 14.6. The van der Waals surface area contributed by atoms with E-state index in [0.717, 1.165) is 24.3 Å². The van der Waals surface area contributed by atoms with Crippen molar-refractivity contribution < 1.29 is 14.3 Å². The lowest BCUT2D eigenvalue weighted by molar-refractivity contribution is -0.122. The summed E-state index contributed by atoms with van der Waals surface area (Å²) in [6.07, 6.45) is 5.31. The largest absolute Gasteiger partial charge is 0.497 e. The van der Waals surface area contributed by atoms with Crippen LogP contribution in [-0.4, -0.2) is 37.1 Å². The summed E-state index contributed by atoms with van der Waals surface area (Å²) in [7, 11) is 1.57. The Morgan fingerprint density at radius 1 is 0.933 bits per heavy atom. The number of amides is 2. The van der Waals surface area contributed by atoms with Crippen LogP contribution in [0.15, 0.2) is 54.1 Å². The molecule has 2 aliphatic heterocycles. The molecule has 2 heterocycles. The smallest absolute Gasteiger partial charge is 0.270 e. The lowest BCUT2D eigenvalue weighted by atomic mass is 10.1. The van der Waals surface area contributed by atoms with Crippen molar-refractivity contribution in [2.24, 2.45) is 0 Å². The molecule has 2 aromatic rings. The van der Waals surface area contributed by atoms with Gasteiger partial charge in [0.15, 0.2) is 5.11 Å². The van der Waals surface area contributed by atoms with Crippen LogP contribution in [-0.2, 0) is 9.59 Å². The number of carbonyl (C=O) groups is 2. The third-order valence-corrected chi connectivity index (χ3v) is 5.64. The molecular formula is C23H23N3O3S. The molecule has 0 aliphatic carbocycles. The van der Waals surface area contributed by atoms with E-state index in [1.165, 1.54) is 24.2 Å². The molecule has 4 rings (SSSR count). The average molecular weight is 422 g/mol. The molecule has 0 bridgehead atoms. The number of benzene rings is 2. The van der Waals surface area contributed by atoms with E-state index in [1.807, 2.05) is 24.3 Å². The number of hydrogen-bond acceptors (Lipinski definition) is 5. The van der Waals surface area contributed by atoms with Crippen molar-refractivity contribution in [3.05, 3.63) is 59.7 Å². The number of anilines is 2. The quantitative estimate of drug-likeness (QED) is 0.465. The van der Waals surface area contributed by atoms with Gasteiger partial charge in [0, 0.05) is 18.8 Å². The molecule has 0 spiro atoms. The third kappa shape index (κ3) is 4.07. The minimum atomic E-state index is -0.491. The fraction of sp³-hybridized carbons (Fsp3) is 0.261. The Labute approximate surface area is 181 Å². The van der Waals surface area contributed by atoms with Gasteiger partial charge in [0.25, 0.3) is 11.8 Å². The molecule has 2 aromatic carbocycles. The lowest BCUT2D eigenvalue weighted by Crippen LogP contribution is -2.54. The highest BCUT2D eigenvalue weighted by molar-refractivity contribution is 7.80. The number of rotatable bonds is 4. The summed E-state index contributed by atoms with van der Waals surface area (Å²) < 4.78 is 5.16. The van der Waals surface area contributed by atoms with Crippen LogP contribution < -0.4 is 19.9 Å². The van der Waals surface area contributed by atoms with E-state index < -0.39 is 11.8 Å². The molecule has 1 N–H and O–H groups in total. The van der Waals surface area contributed by atoms with Crippen molar-refractivity contribution >= 4 is 46.6 Å². The molecule has 7 heteroatoms. The Balaban J connectivity index is 1.58. The van der Waals surface area contributed by atoms with Crippen LogP contribution in [0.2, 0.25) is 0 Å². The average Bonchev–Trinajstić information content (AvgIpc) is 2.78. The molecule has 0 atom stereocenters. The number of thiocarbonyl (C=S) groups is 1. The van der Waals surface area contributed by atoms with Gasteiger partial charge in [0.2, 0.25) is 0 Å². The second-order valence-electron chi connectivity index (χ2n) is 7.30. The molecule has 2 amide bonds. The summed E-state index contributed by atoms with van der Waals surface area (Å²) in [5.74, 6) is -0.272. The molecule has 6 nitrogen and oxygen atoms in total. The van der Waals surface area contributed by atoms with Gasteiger partial charge >= 0.3 is 0 Å². The second kappa shape index (κ2) is 8.67. The van der Waals surface area contributed by atoms with Crippen LogP contribution in [0.5, 0.6) is 5.75 Å². The van der Waals surface area contributed by atoms with Gasteiger partial charge in [0.1, 0.15) is 11.3 Å². The van der Waals surface area contributed by atoms with Crippen molar-refractivity contribution in [1.82, 2.24) is 5.32 Å². The predicted molar refractivity (Wildman–Crippen MR) is 122 cm³/mol. The molecule has 0 saturated carbocycles. The maximum Gasteiger partial charge on any atom is 0.270 e. The van der Waals surface area contributed by atoms with Crippen LogP contribution in [0.4, 0.5) is 11.4 Å². The van der Waals surface area contributed by atoms with Crippen molar-refractivity contribution in [2.45, 2.75) is 19.3 Å². The maximum atomic E-state index is 13.1. The predicted octanol–water partition coefficient (Wildman–Crippen LogP) is 3.52. The summed E-state index contributed by atoms with van der Waals surface area (Å²) >= 11 is 5.24. The monoisotopic (exact) mass is 421 g/mol. The number of piperidine rings is 1. The maximum absolute atomic E-state index is 13.1. The number of ether oxygens (including phenoxy) is 1. The molecule has 2 saturated heterocycles. The van der Waals surface area contributed by atoms with Gasteiger partial charge in [-0.3, -0.25) is 19.8 Å². The number of carbonyl (C=O) groups excluding carboxylic acids is 2. The fourth-order valence-corrected chi connectivity index (χ4v) is 4.00. The first-order valence-corrected chi connectivity index (χ1v) is 10.4. The zero-order valence-electron chi connectivity index (χ0n) is 16.8. The zero-order valence-corrected chi connectivity index (χ0v) is 17.6. The second-order valence-corrected chi connectivity index (χ2v) is 7.68. The Hall–Kier alpha value is -3.19. The minimum absolute atomic E-state index is 0.0464. The van der Waals surface area contributed by atoms with Crippen LogP contribution in [0.25, 0.3) is 6.08 Å². The van der Waals surface area contributed by atoms with Crippen LogP contribution in [0, 0.1) is 0 Å². The number of hydrogen-bond donors (Lipinski definition) is 1. The number of nitrogens with zero attached hydrogens (tertiary/aromatic N) is 2. The Bertz CT molecular complexity index is 993. The van der Waals surface area contributed by atoms with E-state index >= 15 is 0 Å². The molecule has 30 heavy (non-hydrogen) atoms. The first kappa shape index (κ1) is 20.1. The van der Waals surface area contributed by atoms with Gasteiger partial charge < -0.3 is 9.64 Å². The van der Waals surface area contributed by atoms with Gasteiger partial charge in [-0.15, -0.1) is 0 Å². The van der Waals surface area contributed by atoms with Gasteiger partial charge in [-0.2, -0.15) is 0 Å². The normalized spacial score (nSPS) is 18.6. The Morgan fingerprint density at radius 2 is 1.57 bits per heavy atom. The highest BCUT2D eigenvalue weighted by atomic mass is 32.1. The topological polar surface area (TPSA) is 61.9 Å². The summed E-state index contributed by atoms with van der Waals surface area (Å²) in [5, 5.41) is 2.67. The zero-order chi connectivity index (χ0) is 21.1. The minimum Gasteiger partial charge on any atom is -0.497 e. The SMILES string of the molecule is COc1ccc(N2C(=O)/C(=C\c3ccc(N4CCCCC4)cc3)C(=O)NC2=S)cc1. The molecule has 0 radical (unpaired) electrons. The molecule has 0 unspecified atom stereocenters. The molecule has 2 aliphatic rings. The summed E-state index contributed by atoms with van der Waals surface area (Å²) in [6.45, 7) is 2.13. The molecule has 2 fully saturated rings. The summed E-state index contributed by atoms with van der Waals surface area (Å²) in [5.41, 5.74) is 2.57. The fourth-order valence-electron chi connectivity index (χ4n) is 3.72. The highest BCUT2D eigenvalue weighted by Crippen LogP contribution is 2.25. The van der Waals surface area contributed by atoms with Crippen LogP contribution in [0.3, 0.4) is 0 Å². The van der Waals surface area contributed by atoms with E-state index in [1.54, 1.807) is 37.5 Å². The van der Waals surface area contributed by atoms with E-state index in [0.29, 0.717) is 11.4 Å². The van der Waals surface area contributed by atoms with Crippen molar-refractivity contribution in [2.75, 3.05) is 30.0 Å². The Kier molecular flexibility index (Phi) is 5.81. The number of nitrogens with one attached hydrogen (secondary N) is 1. The summed E-state index contributed by atoms with van der Waals surface area (Å²) in [6, 6.07) is 14.9. The molecule has 154 valence electrons. The highest BCUT2D eigenvalue weighted by Gasteiger charge is 2.34. The van der Waals surface area contributed by atoms with Gasteiger partial charge in [-0.1, -0.05) is 12.1 Å². The van der Waals surface area contributed by atoms with Crippen LogP contribution >= 0.6 is 12.2 Å². The van der Waals surface area contributed by atoms with E-state index in [4.69, 9.17) is 17.0 Å². The van der Waals surface area contributed by atoms with Gasteiger partial charge in [-0.05, 0) is 79.5 Å². The standard InChI is InChI=1S/C23H23N3O3S/c1-29-19-11-9-18(10-12-19)26-22(28)20(21(27)24-23(26)30)15-16-5-7-17(8-6-16)25-13-3-2-4-14-25/h5-12,15H,2-4,13-14H2,1H3,(H,24,27,30)/b20-15-. The third-order valence-electron chi connectivity index (χ3n) is 5.36. The van der Waals surface area contributed by atoms with Crippen molar-refractivity contribution in [1.29, 1.82) is 0 Å². The van der Waals surface area contributed by atoms with E-state index in [-0.39, 0.29) is 10.7 Å². The van der Waals surface area contributed by atoms with Crippen molar-refractivity contribution in [3.8, 4) is 5.75 Å². The summed E-state index contributed by atoms with van der Waals surface area (Å²) in [4.78, 5) is 29.2. The molecular weight excluding hydrogens is 398 g/mol.